The maximum atomic E-state index is 12.8. The zero-order chi connectivity index (χ0) is 17.5. The first-order valence-corrected chi connectivity index (χ1v) is 7.12. The molecule has 2 N–H and O–H groups in total. The van der Waals surface area contributed by atoms with Crippen molar-refractivity contribution in [2.75, 3.05) is 18.5 Å². The van der Waals surface area contributed by atoms with Gasteiger partial charge in [-0.3, -0.25) is 9.59 Å². The Labute approximate surface area is 132 Å². The fraction of sp³-hybridized carbons (Fsp3) is 0.467. The van der Waals surface area contributed by atoms with Crippen LogP contribution in [0.5, 0.6) is 5.75 Å². The summed E-state index contributed by atoms with van der Waals surface area (Å²) in [6, 6.07) is 2.92. The topological polar surface area (TPSA) is 67.4 Å². The van der Waals surface area contributed by atoms with Crippen LogP contribution in [-0.4, -0.2) is 25.0 Å². The highest BCUT2D eigenvalue weighted by molar-refractivity contribution is 5.92. The van der Waals surface area contributed by atoms with Gasteiger partial charge < -0.3 is 15.4 Å². The van der Waals surface area contributed by atoms with Crippen molar-refractivity contribution in [3.63, 3.8) is 0 Å². The maximum absolute atomic E-state index is 12.8. The second-order valence-corrected chi connectivity index (χ2v) is 4.84. The normalized spacial score (nSPS) is 11.0. The molecule has 0 aliphatic heterocycles. The second-order valence-electron chi connectivity index (χ2n) is 4.84. The molecule has 0 atom stereocenters. The third-order valence-corrected chi connectivity index (χ3v) is 2.77. The van der Waals surface area contributed by atoms with Crippen molar-refractivity contribution in [2.45, 2.75) is 32.9 Å². The molecule has 1 rings (SSSR count). The van der Waals surface area contributed by atoms with Gasteiger partial charge in [-0.15, -0.1) is 0 Å². The van der Waals surface area contributed by atoms with Crippen LogP contribution in [0.3, 0.4) is 0 Å². The van der Waals surface area contributed by atoms with Crippen LogP contribution < -0.4 is 15.4 Å². The Morgan fingerprint density at radius 3 is 2.52 bits per heavy atom. The minimum Gasteiger partial charge on any atom is -0.491 e. The molecule has 0 heterocycles. The third-order valence-electron chi connectivity index (χ3n) is 2.77. The van der Waals surface area contributed by atoms with E-state index in [1.54, 1.807) is 0 Å². The van der Waals surface area contributed by atoms with Gasteiger partial charge >= 0.3 is 6.18 Å². The highest BCUT2D eigenvalue weighted by Crippen LogP contribution is 2.35. The molecule has 0 unspecified atom stereocenters. The van der Waals surface area contributed by atoms with E-state index in [2.05, 4.69) is 10.6 Å². The minimum atomic E-state index is -4.51. The fourth-order valence-electron chi connectivity index (χ4n) is 1.71. The van der Waals surface area contributed by atoms with Crippen molar-refractivity contribution in [1.82, 2.24) is 5.32 Å². The SMILES string of the molecule is CCCOc1ccc(C(F)(F)F)cc1NC(=O)CCNC(C)=O. The number of alkyl halides is 3. The summed E-state index contributed by atoms with van der Waals surface area (Å²) in [5.41, 5.74) is -0.917. The van der Waals surface area contributed by atoms with Crippen molar-refractivity contribution in [1.29, 1.82) is 0 Å². The summed E-state index contributed by atoms with van der Waals surface area (Å²) in [6.45, 7) is 3.59. The lowest BCUT2D eigenvalue weighted by atomic mass is 10.1. The van der Waals surface area contributed by atoms with Gasteiger partial charge in [0.2, 0.25) is 11.8 Å². The van der Waals surface area contributed by atoms with E-state index >= 15 is 0 Å². The van der Waals surface area contributed by atoms with Gasteiger partial charge in [0.1, 0.15) is 5.75 Å². The van der Waals surface area contributed by atoms with Crippen molar-refractivity contribution >= 4 is 17.5 Å². The molecular formula is C15H19F3N2O3. The number of benzene rings is 1. The number of carbonyl (C=O) groups is 2. The van der Waals surface area contributed by atoms with Crippen LogP contribution >= 0.6 is 0 Å². The van der Waals surface area contributed by atoms with Gasteiger partial charge in [0.15, 0.2) is 0 Å². The van der Waals surface area contributed by atoms with Gasteiger partial charge in [-0.25, -0.2) is 0 Å². The number of halogens is 3. The summed E-state index contributed by atoms with van der Waals surface area (Å²) in [6.07, 6.45) is -3.89. The molecule has 128 valence electrons. The van der Waals surface area contributed by atoms with E-state index in [4.69, 9.17) is 4.74 Å². The molecule has 1 aromatic rings. The Balaban J connectivity index is 2.86. The van der Waals surface area contributed by atoms with Crippen molar-refractivity contribution in [2.24, 2.45) is 0 Å². The quantitative estimate of drug-likeness (QED) is 0.807. The lowest BCUT2D eigenvalue weighted by molar-refractivity contribution is -0.137. The molecule has 0 radical (unpaired) electrons. The van der Waals surface area contributed by atoms with E-state index in [1.807, 2.05) is 6.92 Å². The zero-order valence-electron chi connectivity index (χ0n) is 12.9. The maximum Gasteiger partial charge on any atom is 0.416 e. The van der Waals surface area contributed by atoms with Gasteiger partial charge in [0.05, 0.1) is 17.9 Å². The van der Waals surface area contributed by atoms with Crippen molar-refractivity contribution < 1.29 is 27.5 Å². The second kappa shape index (κ2) is 8.40. The highest BCUT2D eigenvalue weighted by atomic mass is 19.4. The Hall–Kier alpha value is -2.25. The zero-order valence-corrected chi connectivity index (χ0v) is 12.9. The summed E-state index contributed by atoms with van der Waals surface area (Å²) in [5, 5.41) is 4.83. The summed E-state index contributed by atoms with van der Waals surface area (Å²) >= 11 is 0. The number of anilines is 1. The van der Waals surface area contributed by atoms with Gasteiger partial charge in [-0.2, -0.15) is 13.2 Å². The highest BCUT2D eigenvalue weighted by Gasteiger charge is 2.31. The van der Waals surface area contributed by atoms with Gasteiger partial charge in [0, 0.05) is 19.9 Å². The molecular weight excluding hydrogens is 313 g/mol. The molecule has 0 spiro atoms. The number of rotatable bonds is 7. The number of nitrogens with one attached hydrogen (secondary N) is 2. The summed E-state index contributed by atoms with van der Waals surface area (Å²) < 4.78 is 43.7. The third kappa shape index (κ3) is 6.58. The van der Waals surface area contributed by atoms with Crippen LogP contribution in [0, 0.1) is 0 Å². The van der Waals surface area contributed by atoms with Crippen LogP contribution in [-0.2, 0) is 15.8 Å². The van der Waals surface area contributed by atoms with E-state index in [1.165, 1.54) is 13.0 Å². The minimum absolute atomic E-state index is 0.0406. The molecule has 0 saturated heterocycles. The lowest BCUT2D eigenvalue weighted by Crippen LogP contribution is -2.25. The summed E-state index contributed by atoms with van der Waals surface area (Å²) in [4.78, 5) is 22.5. The number of amides is 2. The predicted molar refractivity (Wildman–Crippen MR) is 79.2 cm³/mol. The summed E-state index contributed by atoms with van der Waals surface area (Å²) in [5.74, 6) is -0.629. The first-order chi connectivity index (χ1) is 10.7. The van der Waals surface area contributed by atoms with E-state index in [9.17, 15) is 22.8 Å². The molecule has 0 saturated carbocycles. The number of hydrogen-bond donors (Lipinski definition) is 2. The molecule has 0 aromatic heterocycles. The average molecular weight is 332 g/mol. The van der Waals surface area contributed by atoms with E-state index < -0.39 is 17.6 Å². The molecule has 0 fully saturated rings. The standard InChI is InChI=1S/C15H19F3N2O3/c1-3-8-23-13-5-4-11(15(16,17)18)9-12(13)20-14(22)6-7-19-10(2)21/h4-5,9H,3,6-8H2,1-2H3,(H,19,21)(H,20,22). The molecule has 2 amide bonds. The Bertz CT molecular complexity index is 559. The van der Waals surface area contributed by atoms with Crippen LogP contribution in [0.25, 0.3) is 0 Å². The molecule has 8 heteroatoms. The van der Waals surface area contributed by atoms with Crippen LogP contribution in [0.1, 0.15) is 32.3 Å². The van der Waals surface area contributed by atoms with Crippen LogP contribution in [0.4, 0.5) is 18.9 Å². The predicted octanol–water partition coefficient (Wildman–Crippen LogP) is 2.96. The van der Waals surface area contributed by atoms with Crippen molar-refractivity contribution in [3.05, 3.63) is 23.8 Å². The van der Waals surface area contributed by atoms with E-state index in [0.29, 0.717) is 13.0 Å². The molecule has 23 heavy (non-hydrogen) atoms. The van der Waals surface area contributed by atoms with Crippen molar-refractivity contribution in [3.8, 4) is 5.75 Å². The van der Waals surface area contributed by atoms with Gasteiger partial charge in [-0.1, -0.05) is 6.92 Å². The smallest absolute Gasteiger partial charge is 0.416 e. The fourth-order valence-corrected chi connectivity index (χ4v) is 1.71. The van der Waals surface area contributed by atoms with Crippen LogP contribution in [0.15, 0.2) is 18.2 Å². The first-order valence-electron chi connectivity index (χ1n) is 7.12. The number of carbonyl (C=O) groups excluding carboxylic acids is 2. The largest absolute Gasteiger partial charge is 0.491 e. The molecule has 0 bridgehead atoms. The van der Waals surface area contributed by atoms with Crippen LogP contribution in [0.2, 0.25) is 0 Å². The monoisotopic (exact) mass is 332 g/mol. The van der Waals surface area contributed by atoms with E-state index in [-0.39, 0.29) is 30.3 Å². The molecule has 0 aliphatic carbocycles. The average Bonchev–Trinajstić information content (AvgIpc) is 2.44. The van der Waals surface area contributed by atoms with E-state index in [0.717, 1.165) is 12.1 Å². The Morgan fingerprint density at radius 1 is 1.26 bits per heavy atom. The number of hydrogen-bond acceptors (Lipinski definition) is 3. The first kappa shape index (κ1) is 18.8. The molecule has 0 aliphatic rings. The van der Waals surface area contributed by atoms with Gasteiger partial charge in [0.25, 0.3) is 0 Å². The Kier molecular flexibility index (Phi) is 6.87. The lowest BCUT2D eigenvalue weighted by Gasteiger charge is -2.15. The Morgan fingerprint density at radius 2 is 1.96 bits per heavy atom. The number of ether oxygens (including phenoxy) is 1. The van der Waals surface area contributed by atoms with Gasteiger partial charge in [-0.05, 0) is 24.6 Å². The molecule has 1 aromatic carbocycles. The summed E-state index contributed by atoms with van der Waals surface area (Å²) in [7, 11) is 0. The molecule has 5 nitrogen and oxygen atoms in total.